The fourth-order valence-corrected chi connectivity index (χ4v) is 0.768. The zero-order valence-corrected chi connectivity index (χ0v) is 5.47. The van der Waals surface area contributed by atoms with Crippen LogP contribution in [-0.4, -0.2) is 15.3 Å². The lowest BCUT2D eigenvalue weighted by Gasteiger charge is -2.19. The topological polar surface area (TPSA) is 40.5 Å². The van der Waals surface area contributed by atoms with Crippen LogP contribution >= 0.6 is 11.6 Å². The number of aliphatic hydroxyl groups is 2. The molecule has 2 nitrogen and oxygen atoms in total. The number of halogens is 1. The first kappa shape index (κ1) is 6.65. The molecule has 0 fully saturated rings. The van der Waals surface area contributed by atoms with E-state index < -0.39 is 5.06 Å². The van der Waals surface area contributed by atoms with Crippen molar-refractivity contribution >= 4 is 11.6 Å². The molecular formula is C6H7ClO2. The Morgan fingerprint density at radius 1 is 1.67 bits per heavy atom. The lowest BCUT2D eigenvalue weighted by molar-refractivity contribution is 0.114. The summed E-state index contributed by atoms with van der Waals surface area (Å²) in [5.41, 5.74) is 0. The molecule has 0 amide bonds. The summed E-state index contributed by atoms with van der Waals surface area (Å²) in [5, 5.41) is 16.3. The lowest BCUT2D eigenvalue weighted by Crippen LogP contribution is -2.23. The van der Waals surface area contributed by atoms with Crippen molar-refractivity contribution in [2.75, 3.05) is 0 Å². The normalized spacial score (nSPS) is 34.2. The van der Waals surface area contributed by atoms with Crippen LogP contribution in [0.15, 0.2) is 24.0 Å². The van der Waals surface area contributed by atoms with Gasteiger partial charge in [-0.2, -0.15) is 0 Å². The highest BCUT2D eigenvalue weighted by molar-refractivity contribution is 6.24. The molecule has 0 saturated heterocycles. The van der Waals surface area contributed by atoms with Crippen molar-refractivity contribution in [2.45, 2.75) is 11.5 Å². The second-order valence-electron chi connectivity index (χ2n) is 1.94. The molecular weight excluding hydrogens is 140 g/mol. The van der Waals surface area contributed by atoms with Gasteiger partial charge in [0.15, 0.2) is 5.06 Å². The van der Waals surface area contributed by atoms with Crippen molar-refractivity contribution in [1.29, 1.82) is 0 Å². The minimum atomic E-state index is -1.56. The average Bonchev–Trinajstić information content (AvgIpc) is 1.77. The van der Waals surface area contributed by atoms with E-state index in [4.69, 9.17) is 21.8 Å². The molecule has 1 rings (SSSR count). The van der Waals surface area contributed by atoms with Crippen molar-refractivity contribution in [1.82, 2.24) is 0 Å². The van der Waals surface area contributed by atoms with E-state index in [2.05, 4.69) is 0 Å². The van der Waals surface area contributed by atoms with Gasteiger partial charge >= 0.3 is 0 Å². The summed E-state index contributed by atoms with van der Waals surface area (Å²) in [6.07, 6.45) is 4.96. The highest BCUT2D eigenvalue weighted by Gasteiger charge is 2.28. The van der Waals surface area contributed by atoms with E-state index in [1.54, 1.807) is 12.2 Å². The van der Waals surface area contributed by atoms with E-state index in [0.29, 0.717) is 0 Å². The minimum absolute atomic E-state index is 0.188. The Morgan fingerprint density at radius 2 is 2.33 bits per heavy atom. The maximum absolute atomic E-state index is 9.04. The molecule has 1 aliphatic rings. The Morgan fingerprint density at radius 3 is 2.67 bits per heavy atom. The van der Waals surface area contributed by atoms with Crippen molar-refractivity contribution in [2.24, 2.45) is 0 Å². The third-order valence-electron chi connectivity index (χ3n) is 1.17. The van der Waals surface area contributed by atoms with Crippen molar-refractivity contribution in [3.05, 3.63) is 24.0 Å². The quantitative estimate of drug-likeness (QED) is 0.506. The smallest absolute Gasteiger partial charge is 0.199 e. The van der Waals surface area contributed by atoms with Crippen LogP contribution in [0.5, 0.6) is 0 Å². The molecule has 2 N–H and O–H groups in total. The Bertz CT molecular complexity index is 170. The van der Waals surface area contributed by atoms with Crippen molar-refractivity contribution < 1.29 is 10.2 Å². The van der Waals surface area contributed by atoms with Crippen molar-refractivity contribution in [3.63, 3.8) is 0 Å². The van der Waals surface area contributed by atoms with E-state index in [9.17, 15) is 0 Å². The molecule has 0 aromatic rings. The van der Waals surface area contributed by atoms with E-state index in [1.165, 1.54) is 6.08 Å². The number of aliphatic hydroxyl groups excluding tert-OH is 1. The summed E-state index contributed by atoms with van der Waals surface area (Å²) in [7, 11) is 0. The largest absolute Gasteiger partial charge is 0.508 e. The molecule has 0 heterocycles. The SMILES string of the molecule is OC1=CC=CCC1(O)Cl. The van der Waals surface area contributed by atoms with Crippen LogP contribution in [0.1, 0.15) is 6.42 Å². The standard InChI is InChI=1S/C6H7ClO2/c7-6(9)4-2-1-3-5(6)8/h1-3,8-9H,4H2. The molecule has 0 aromatic heterocycles. The molecule has 1 aliphatic carbocycles. The first-order valence-electron chi connectivity index (χ1n) is 2.60. The average molecular weight is 147 g/mol. The monoisotopic (exact) mass is 146 g/mol. The highest BCUT2D eigenvalue weighted by atomic mass is 35.5. The first-order valence-corrected chi connectivity index (χ1v) is 2.98. The minimum Gasteiger partial charge on any atom is -0.508 e. The maximum Gasteiger partial charge on any atom is 0.199 e. The van der Waals surface area contributed by atoms with Crippen LogP contribution in [0, 0.1) is 0 Å². The van der Waals surface area contributed by atoms with Gasteiger partial charge in [0.25, 0.3) is 0 Å². The molecule has 0 saturated carbocycles. The van der Waals surface area contributed by atoms with Gasteiger partial charge in [-0.1, -0.05) is 23.8 Å². The van der Waals surface area contributed by atoms with Gasteiger partial charge in [-0.05, 0) is 6.08 Å². The van der Waals surface area contributed by atoms with Crippen LogP contribution in [0.2, 0.25) is 0 Å². The molecule has 0 radical (unpaired) electrons. The summed E-state index contributed by atoms with van der Waals surface area (Å²) in [5.74, 6) is -0.188. The maximum atomic E-state index is 9.04. The fourth-order valence-electron chi connectivity index (χ4n) is 0.616. The number of rotatable bonds is 0. The highest BCUT2D eigenvalue weighted by Crippen LogP contribution is 2.26. The van der Waals surface area contributed by atoms with Gasteiger partial charge in [-0.3, -0.25) is 0 Å². The summed E-state index contributed by atoms with van der Waals surface area (Å²) in [6.45, 7) is 0. The number of allylic oxidation sites excluding steroid dienone is 2. The molecule has 3 heteroatoms. The number of alkyl halides is 1. The van der Waals surface area contributed by atoms with E-state index in [0.717, 1.165) is 0 Å². The summed E-state index contributed by atoms with van der Waals surface area (Å²) in [4.78, 5) is 0. The van der Waals surface area contributed by atoms with Crippen LogP contribution in [-0.2, 0) is 0 Å². The van der Waals surface area contributed by atoms with Gasteiger partial charge in [0.2, 0.25) is 0 Å². The summed E-state index contributed by atoms with van der Waals surface area (Å²) in [6, 6.07) is 0. The predicted octanol–water partition coefficient (Wildman–Crippen LogP) is 1.32. The predicted molar refractivity (Wildman–Crippen MR) is 35.3 cm³/mol. The Hall–Kier alpha value is -0.470. The van der Waals surface area contributed by atoms with Gasteiger partial charge in [0.1, 0.15) is 5.76 Å². The van der Waals surface area contributed by atoms with Gasteiger partial charge < -0.3 is 10.2 Å². The third-order valence-corrected chi connectivity index (χ3v) is 1.52. The van der Waals surface area contributed by atoms with Crippen LogP contribution in [0.25, 0.3) is 0 Å². The van der Waals surface area contributed by atoms with Crippen LogP contribution in [0.4, 0.5) is 0 Å². The zero-order valence-electron chi connectivity index (χ0n) is 4.71. The first-order chi connectivity index (χ1) is 4.13. The fraction of sp³-hybridized carbons (Fsp3) is 0.333. The molecule has 1 atom stereocenters. The number of hydrogen-bond donors (Lipinski definition) is 2. The van der Waals surface area contributed by atoms with Gasteiger partial charge in [0.05, 0.1) is 0 Å². The van der Waals surface area contributed by atoms with Gasteiger partial charge in [-0.25, -0.2) is 0 Å². The van der Waals surface area contributed by atoms with Crippen LogP contribution in [0.3, 0.4) is 0 Å². The van der Waals surface area contributed by atoms with Crippen molar-refractivity contribution in [3.8, 4) is 0 Å². The van der Waals surface area contributed by atoms with Gasteiger partial charge in [0, 0.05) is 6.42 Å². The molecule has 0 aliphatic heterocycles. The molecule has 0 spiro atoms. The second kappa shape index (κ2) is 2.05. The lowest BCUT2D eigenvalue weighted by atomic mass is 10.1. The summed E-state index contributed by atoms with van der Waals surface area (Å²) >= 11 is 5.41. The Kier molecular flexibility index (Phi) is 1.51. The molecule has 1 unspecified atom stereocenters. The van der Waals surface area contributed by atoms with E-state index in [1.807, 2.05) is 0 Å². The Balaban J connectivity index is 2.83. The molecule has 0 aromatic carbocycles. The van der Waals surface area contributed by atoms with Crippen LogP contribution < -0.4 is 0 Å². The molecule has 50 valence electrons. The Labute approximate surface area is 58.1 Å². The second-order valence-corrected chi connectivity index (χ2v) is 2.57. The molecule has 0 bridgehead atoms. The zero-order chi connectivity index (χ0) is 6.91. The third kappa shape index (κ3) is 1.26. The van der Waals surface area contributed by atoms with E-state index >= 15 is 0 Å². The van der Waals surface area contributed by atoms with E-state index in [-0.39, 0.29) is 12.2 Å². The van der Waals surface area contributed by atoms with Gasteiger partial charge in [-0.15, -0.1) is 0 Å². The molecule has 9 heavy (non-hydrogen) atoms. The summed E-state index contributed by atoms with van der Waals surface area (Å²) < 4.78 is 0. The number of hydrogen-bond acceptors (Lipinski definition) is 2.